The van der Waals surface area contributed by atoms with Crippen molar-refractivity contribution in [2.45, 2.75) is 74.5 Å². The van der Waals surface area contributed by atoms with Gasteiger partial charge in [0.15, 0.2) is 5.54 Å². The Morgan fingerprint density at radius 3 is 2.29 bits per heavy atom. The summed E-state index contributed by atoms with van der Waals surface area (Å²) in [6.07, 6.45) is 5.21. The number of nitrogens with one attached hydrogen (secondary N) is 1. The summed E-state index contributed by atoms with van der Waals surface area (Å²) in [5, 5.41) is 2.63. The van der Waals surface area contributed by atoms with Gasteiger partial charge in [-0.1, -0.05) is 30.7 Å². The van der Waals surface area contributed by atoms with Crippen molar-refractivity contribution in [1.29, 1.82) is 0 Å². The lowest BCUT2D eigenvalue weighted by Crippen LogP contribution is -2.59. The van der Waals surface area contributed by atoms with Crippen LogP contribution in [0.1, 0.15) is 57.1 Å². The highest BCUT2D eigenvalue weighted by atomic mass is 35.5. The van der Waals surface area contributed by atoms with E-state index < -0.39 is 41.4 Å². The van der Waals surface area contributed by atoms with Gasteiger partial charge in [0.25, 0.3) is 17.4 Å². The van der Waals surface area contributed by atoms with Gasteiger partial charge < -0.3 is 5.32 Å². The highest BCUT2D eigenvalue weighted by Gasteiger charge is 2.49. The van der Waals surface area contributed by atoms with Crippen LogP contribution in [0.2, 0.25) is 0 Å². The van der Waals surface area contributed by atoms with Crippen molar-refractivity contribution in [3.05, 3.63) is 54.1 Å². The molecule has 2 fully saturated rings. The molecule has 0 saturated heterocycles. The number of nitrogens with zero attached hydrogens (tertiary/aromatic N) is 3. The second kappa shape index (κ2) is 8.83. The molecule has 2 amide bonds. The van der Waals surface area contributed by atoms with Crippen molar-refractivity contribution in [2.24, 2.45) is 0 Å². The maximum absolute atomic E-state index is 14.2. The van der Waals surface area contributed by atoms with Gasteiger partial charge in [0.1, 0.15) is 6.33 Å². The van der Waals surface area contributed by atoms with Crippen LogP contribution in [0.5, 0.6) is 0 Å². The summed E-state index contributed by atoms with van der Waals surface area (Å²) in [5.41, 5.74) is -2.76. The Hall–Kier alpha value is -2.68. The smallest absolute Gasteiger partial charge is 0.278 e. The molecule has 1 N–H and O–H groups in total. The van der Waals surface area contributed by atoms with Gasteiger partial charge in [0.05, 0.1) is 0 Å². The largest absolute Gasteiger partial charge is 0.351 e. The number of carbonyl (C=O) groups is 2. The Bertz CT molecular complexity index is 1060. The van der Waals surface area contributed by atoms with Crippen molar-refractivity contribution in [3.8, 4) is 0 Å². The minimum absolute atomic E-state index is 0.0597. The molecule has 34 heavy (non-hydrogen) atoms. The fourth-order valence-corrected chi connectivity index (χ4v) is 4.60. The van der Waals surface area contributed by atoms with Gasteiger partial charge in [-0.25, -0.2) is 23.1 Å². The first-order valence-electron chi connectivity index (χ1n) is 11.1. The molecule has 1 heterocycles. The molecular formula is C24H26ClF3N4O2. The number of carbonyl (C=O) groups excluding carboxylic acids is 2. The van der Waals surface area contributed by atoms with Gasteiger partial charge in [-0.15, -0.1) is 0 Å². The zero-order chi connectivity index (χ0) is 24.7. The van der Waals surface area contributed by atoms with Crippen molar-refractivity contribution in [3.63, 3.8) is 0 Å². The van der Waals surface area contributed by atoms with E-state index in [9.17, 15) is 22.8 Å². The molecule has 3 atom stereocenters. The standard InChI is InChI=1S/C24H26ClF3N4O2/c1-22(9-10-22)15-3-5-18(6-4-15)32(20(33)19(25)26)23(2,16-12-29-14-30-13-16)21(34)31-17-7-8-24(27,28)11-17/h3-6,12-14,17,19H,7-11H2,1-2H3,(H,31,34)/t17-,19-,23-/m0/s1. The van der Waals surface area contributed by atoms with E-state index in [4.69, 9.17) is 11.6 Å². The second-order valence-electron chi connectivity index (χ2n) is 9.55. The van der Waals surface area contributed by atoms with Crippen LogP contribution in [0, 0.1) is 0 Å². The van der Waals surface area contributed by atoms with Gasteiger partial charge >= 0.3 is 0 Å². The van der Waals surface area contributed by atoms with E-state index in [-0.39, 0.29) is 29.5 Å². The third-order valence-corrected chi connectivity index (χ3v) is 7.17. The lowest BCUT2D eigenvalue weighted by molar-refractivity contribution is -0.131. The molecule has 0 radical (unpaired) electrons. The highest BCUT2D eigenvalue weighted by Crippen LogP contribution is 2.48. The van der Waals surface area contributed by atoms with E-state index in [1.165, 1.54) is 25.6 Å². The topological polar surface area (TPSA) is 75.2 Å². The van der Waals surface area contributed by atoms with Crippen LogP contribution >= 0.6 is 11.6 Å². The molecule has 0 aliphatic heterocycles. The predicted molar refractivity (Wildman–Crippen MR) is 121 cm³/mol. The summed E-state index contributed by atoms with van der Waals surface area (Å²) in [7, 11) is 0. The molecule has 6 nitrogen and oxygen atoms in total. The van der Waals surface area contributed by atoms with E-state index in [0.29, 0.717) is 0 Å². The molecule has 2 aliphatic carbocycles. The molecule has 0 unspecified atom stereocenters. The average Bonchev–Trinajstić information content (AvgIpc) is 3.47. The minimum Gasteiger partial charge on any atom is -0.351 e. The van der Waals surface area contributed by atoms with Crippen molar-refractivity contribution < 1.29 is 22.8 Å². The quantitative estimate of drug-likeness (QED) is 0.570. The average molecular weight is 495 g/mol. The second-order valence-corrected chi connectivity index (χ2v) is 9.93. The molecule has 2 aromatic rings. The maximum atomic E-state index is 14.2. The van der Waals surface area contributed by atoms with Crippen LogP contribution in [0.15, 0.2) is 43.0 Å². The molecule has 4 rings (SSSR count). The Morgan fingerprint density at radius 2 is 1.79 bits per heavy atom. The third-order valence-electron chi connectivity index (χ3n) is 6.98. The Labute approximate surface area is 200 Å². The predicted octanol–water partition coefficient (Wildman–Crippen LogP) is 4.61. The van der Waals surface area contributed by atoms with Crippen molar-refractivity contribution in [1.82, 2.24) is 15.3 Å². The number of amides is 2. The van der Waals surface area contributed by atoms with E-state index in [1.54, 1.807) is 12.1 Å². The van der Waals surface area contributed by atoms with Gasteiger partial charge in [-0.3, -0.25) is 14.5 Å². The normalized spacial score (nSPS) is 22.9. The lowest BCUT2D eigenvalue weighted by atomic mass is 9.89. The number of anilines is 1. The Kier molecular flexibility index (Phi) is 6.35. The third kappa shape index (κ3) is 4.62. The summed E-state index contributed by atoms with van der Waals surface area (Å²) in [4.78, 5) is 35.6. The fraction of sp³-hybridized carbons (Fsp3) is 0.500. The molecule has 1 aromatic heterocycles. The minimum atomic E-state index is -2.88. The van der Waals surface area contributed by atoms with E-state index in [2.05, 4.69) is 22.2 Å². The number of rotatable bonds is 7. The summed E-state index contributed by atoms with van der Waals surface area (Å²) < 4.78 is 41.8. The van der Waals surface area contributed by atoms with Gasteiger partial charge in [-0.2, -0.15) is 0 Å². The SMILES string of the molecule is CC1(c2ccc(N(C(=O)[C@H](F)Cl)[C@](C)(C(=O)N[C@H]3CCC(F)(F)C3)c3cncnc3)cc2)CC1. The van der Waals surface area contributed by atoms with Gasteiger partial charge in [0, 0.05) is 42.5 Å². The van der Waals surface area contributed by atoms with Crippen LogP contribution < -0.4 is 10.2 Å². The summed E-state index contributed by atoms with van der Waals surface area (Å²) >= 11 is 5.57. The fourth-order valence-electron chi connectivity index (χ4n) is 4.50. The van der Waals surface area contributed by atoms with E-state index in [0.717, 1.165) is 23.3 Å². The number of halogens is 4. The van der Waals surface area contributed by atoms with E-state index >= 15 is 0 Å². The van der Waals surface area contributed by atoms with Crippen molar-refractivity contribution in [2.75, 3.05) is 4.90 Å². The first-order valence-corrected chi connectivity index (χ1v) is 11.6. The van der Waals surface area contributed by atoms with Gasteiger partial charge in [0.2, 0.25) is 5.92 Å². The van der Waals surface area contributed by atoms with Crippen LogP contribution in [0.25, 0.3) is 0 Å². The maximum Gasteiger partial charge on any atom is 0.278 e. The number of alkyl halides is 4. The first kappa shape index (κ1) is 24.4. The lowest BCUT2D eigenvalue weighted by Gasteiger charge is -2.40. The number of hydrogen-bond donors (Lipinski definition) is 1. The molecule has 2 saturated carbocycles. The van der Waals surface area contributed by atoms with Crippen LogP contribution in [0.4, 0.5) is 18.9 Å². The molecule has 1 aromatic carbocycles. The molecule has 2 aliphatic rings. The summed E-state index contributed by atoms with van der Waals surface area (Å²) in [5.74, 6) is -4.80. The number of aromatic nitrogens is 2. The monoisotopic (exact) mass is 494 g/mol. The van der Waals surface area contributed by atoms with Crippen LogP contribution in [0.3, 0.4) is 0 Å². The Balaban J connectivity index is 1.77. The van der Waals surface area contributed by atoms with Crippen LogP contribution in [-0.4, -0.2) is 39.4 Å². The van der Waals surface area contributed by atoms with Crippen molar-refractivity contribution >= 4 is 29.1 Å². The molecule has 0 spiro atoms. The number of hydrogen-bond acceptors (Lipinski definition) is 4. The molecule has 0 bridgehead atoms. The highest BCUT2D eigenvalue weighted by molar-refractivity contribution is 6.32. The number of benzene rings is 1. The molecular weight excluding hydrogens is 469 g/mol. The first-order chi connectivity index (χ1) is 16.0. The molecule has 182 valence electrons. The van der Waals surface area contributed by atoms with Crippen LogP contribution in [-0.2, 0) is 20.5 Å². The summed E-state index contributed by atoms with van der Waals surface area (Å²) in [6.45, 7) is 3.53. The van der Waals surface area contributed by atoms with Gasteiger partial charge in [-0.05, 0) is 49.3 Å². The van der Waals surface area contributed by atoms with E-state index in [1.807, 2.05) is 12.1 Å². The Morgan fingerprint density at radius 1 is 1.18 bits per heavy atom. The molecule has 10 heteroatoms. The zero-order valence-corrected chi connectivity index (χ0v) is 19.7. The summed E-state index contributed by atoms with van der Waals surface area (Å²) in [6, 6.07) is 6.14. The zero-order valence-electron chi connectivity index (χ0n) is 18.9.